The van der Waals surface area contributed by atoms with E-state index in [1.807, 2.05) is 0 Å². The lowest BCUT2D eigenvalue weighted by Gasteiger charge is -2.11. The SMILES string of the molecule is CC([O-])=Nc1ccc(NS(=O)(=O)c2c(Cl)cccc2Cl)cc1. The van der Waals surface area contributed by atoms with Crippen LogP contribution in [0.5, 0.6) is 0 Å². The second-order valence-corrected chi connectivity index (χ2v) is 6.77. The number of anilines is 1. The van der Waals surface area contributed by atoms with E-state index in [-0.39, 0.29) is 20.8 Å². The molecule has 0 bridgehead atoms. The standard InChI is InChI=1S/C14H12Cl2N2O3S/c1-9(19)17-10-5-7-11(8-6-10)18-22(20,21)14-12(15)3-2-4-13(14)16/h2-8,18H,1H3,(H,17,19)/p-1. The van der Waals surface area contributed by atoms with Gasteiger partial charge in [-0.25, -0.2) is 8.42 Å². The number of nitrogens with zero attached hydrogens (tertiary/aromatic N) is 1. The van der Waals surface area contributed by atoms with Gasteiger partial charge in [0.1, 0.15) is 4.90 Å². The molecule has 22 heavy (non-hydrogen) atoms. The zero-order chi connectivity index (χ0) is 16.3. The highest BCUT2D eigenvalue weighted by Crippen LogP contribution is 2.30. The van der Waals surface area contributed by atoms with Crippen LogP contribution >= 0.6 is 23.2 Å². The van der Waals surface area contributed by atoms with Crippen LogP contribution in [0.15, 0.2) is 52.4 Å². The predicted molar refractivity (Wildman–Crippen MR) is 86.5 cm³/mol. The molecule has 0 radical (unpaired) electrons. The van der Waals surface area contributed by atoms with E-state index in [4.69, 9.17) is 23.2 Å². The lowest BCUT2D eigenvalue weighted by Crippen LogP contribution is -2.14. The van der Waals surface area contributed by atoms with Gasteiger partial charge in [-0.3, -0.25) is 9.71 Å². The van der Waals surface area contributed by atoms with Gasteiger partial charge in [-0.2, -0.15) is 0 Å². The molecule has 0 unspecified atom stereocenters. The summed E-state index contributed by atoms with van der Waals surface area (Å²) in [6, 6.07) is 10.5. The molecular formula is C14H11Cl2N2O3S-. The molecule has 0 aromatic heterocycles. The maximum Gasteiger partial charge on any atom is 0.264 e. The van der Waals surface area contributed by atoms with Crippen LogP contribution in [-0.2, 0) is 10.0 Å². The Morgan fingerprint density at radius 3 is 2.14 bits per heavy atom. The van der Waals surface area contributed by atoms with E-state index in [2.05, 4.69) is 9.71 Å². The summed E-state index contributed by atoms with van der Waals surface area (Å²) in [5.41, 5.74) is 0.740. The number of benzene rings is 2. The van der Waals surface area contributed by atoms with Crippen molar-refractivity contribution in [2.24, 2.45) is 4.99 Å². The van der Waals surface area contributed by atoms with Gasteiger partial charge >= 0.3 is 0 Å². The van der Waals surface area contributed by atoms with Gasteiger partial charge in [0, 0.05) is 5.69 Å². The van der Waals surface area contributed by atoms with Crippen LogP contribution < -0.4 is 9.83 Å². The second kappa shape index (κ2) is 6.56. The van der Waals surface area contributed by atoms with Crippen LogP contribution in [0.25, 0.3) is 0 Å². The van der Waals surface area contributed by atoms with Gasteiger partial charge in [0.05, 0.1) is 15.7 Å². The maximum atomic E-state index is 12.3. The molecule has 0 aliphatic carbocycles. The minimum Gasteiger partial charge on any atom is -0.862 e. The fourth-order valence-electron chi connectivity index (χ4n) is 1.73. The highest BCUT2D eigenvalue weighted by molar-refractivity contribution is 7.93. The third-order valence-electron chi connectivity index (χ3n) is 2.59. The second-order valence-electron chi connectivity index (χ2n) is 4.33. The molecule has 0 spiro atoms. The van der Waals surface area contributed by atoms with E-state index in [1.165, 1.54) is 43.3 Å². The lowest BCUT2D eigenvalue weighted by molar-refractivity contribution is -0.215. The summed E-state index contributed by atoms with van der Waals surface area (Å²) in [4.78, 5) is 3.54. The first kappa shape index (κ1) is 16.6. The molecule has 0 saturated heterocycles. The van der Waals surface area contributed by atoms with Crippen LogP contribution in [0, 0.1) is 0 Å². The van der Waals surface area contributed by atoms with E-state index in [9.17, 15) is 13.5 Å². The van der Waals surface area contributed by atoms with E-state index in [1.54, 1.807) is 6.07 Å². The Balaban J connectivity index is 2.31. The van der Waals surface area contributed by atoms with Gasteiger partial charge in [-0.15, -0.1) is 0 Å². The predicted octanol–water partition coefficient (Wildman–Crippen LogP) is 3.20. The van der Waals surface area contributed by atoms with Gasteiger partial charge in [-0.05, 0) is 49.2 Å². The Bertz CT molecular complexity index is 794. The third kappa shape index (κ3) is 3.91. The van der Waals surface area contributed by atoms with Gasteiger partial charge < -0.3 is 5.11 Å². The van der Waals surface area contributed by atoms with Crippen molar-refractivity contribution in [3.05, 3.63) is 52.5 Å². The van der Waals surface area contributed by atoms with Gasteiger partial charge in [0.15, 0.2) is 0 Å². The van der Waals surface area contributed by atoms with Gasteiger partial charge in [-0.1, -0.05) is 29.3 Å². The molecule has 116 valence electrons. The van der Waals surface area contributed by atoms with E-state index < -0.39 is 10.0 Å². The molecule has 2 rings (SSSR count). The van der Waals surface area contributed by atoms with Crippen LogP contribution in [0.1, 0.15) is 6.92 Å². The molecule has 0 fully saturated rings. The number of hydrogen-bond donors (Lipinski definition) is 1. The minimum absolute atomic E-state index is 0.0307. The number of rotatable bonds is 4. The molecule has 1 N–H and O–H groups in total. The number of hydrogen-bond acceptors (Lipinski definition) is 4. The summed E-state index contributed by atoms with van der Waals surface area (Å²) in [5.74, 6) is -0.337. The van der Waals surface area contributed by atoms with Crippen LogP contribution in [0.2, 0.25) is 10.0 Å². The Kier molecular flexibility index (Phi) is 4.95. The number of nitrogens with one attached hydrogen (secondary N) is 1. The van der Waals surface area contributed by atoms with Crippen molar-refractivity contribution < 1.29 is 13.5 Å². The summed E-state index contributed by atoms with van der Waals surface area (Å²) < 4.78 is 27.1. The molecule has 0 aliphatic heterocycles. The van der Waals surface area contributed by atoms with Crippen molar-refractivity contribution in [3.63, 3.8) is 0 Å². The summed E-state index contributed by atoms with van der Waals surface area (Å²) in [5, 5.41) is 10.9. The lowest BCUT2D eigenvalue weighted by atomic mass is 10.3. The van der Waals surface area contributed by atoms with E-state index in [0.717, 1.165) is 0 Å². The summed E-state index contributed by atoms with van der Waals surface area (Å²) in [6.45, 7) is 1.33. The molecule has 5 nitrogen and oxygen atoms in total. The quantitative estimate of drug-likeness (QED) is 0.673. The zero-order valence-electron chi connectivity index (χ0n) is 11.4. The topological polar surface area (TPSA) is 81.6 Å². The Morgan fingerprint density at radius 2 is 1.64 bits per heavy atom. The fraction of sp³-hybridized carbons (Fsp3) is 0.0714. The average molecular weight is 358 g/mol. The summed E-state index contributed by atoms with van der Waals surface area (Å²) in [6.07, 6.45) is 0. The molecule has 2 aromatic carbocycles. The van der Waals surface area contributed by atoms with Crippen molar-refractivity contribution in [3.8, 4) is 0 Å². The summed E-state index contributed by atoms with van der Waals surface area (Å²) in [7, 11) is -3.92. The molecule has 0 aliphatic rings. The molecule has 0 amide bonds. The highest BCUT2D eigenvalue weighted by atomic mass is 35.5. The first-order valence-corrected chi connectivity index (χ1v) is 8.33. The third-order valence-corrected chi connectivity index (χ3v) is 4.93. The smallest absolute Gasteiger partial charge is 0.264 e. The highest BCUT2D eigenvalue weighted by Gasteiger charge is 2.21. The molecular weight excluding hydrogens is 347 g/mol. The Labute approximate surface area is 138 Å². The number of aliphatic imine (C=N–C) groups is 1. The van der Waals surface area contributed by atoms with Crippen molar-refractivity contribution in [2.75, 3.05) is 4.72 Å². The molecule has 0 saturated carbocycles. The zero-order valence-corrected chi connectivity index (χ0v) is 13.7. The van der Waals surface area contributed by atoms with Gasteiger partial charge in [0.2, 0.25) is 0 Å². The molecule has 8 heteroatoms. The van der Waals surface area contributed by atoms with Crippen LogP contribution in [0.4, 0.5) is 11.4 Å². The van der Waals surface area contributed by atoms with Crippen LogP contribution in [-0.4, -0.2) is 14.3 Å². The Hall–Kier alpha value is -1.76. The molecule has 0 heterocycles. The van der Waals surface area contributed by atoms with Crippen molar-refractivity contribution in [1.82, 2.24) is 0 Å². The largest absolute Gasteiger partial charge is 0.862 e. The first-order valence-electron chi connectivity index (χ1n) is 6.09. The fourth-order valence-corrected chi connectivity index (χ4v) is 3.94. The van der Waals surface area contributed by atoms with Crippen LogP contribution in [0.3, 0.4) is 0 Å². The van der Waals surface area contributed by atoms with Gasteiger partial charge in [0.25, 0.3) is 10.0 Å². The van der Waals surface area contributed by atoms with Crippen molar-refractivity contribution in [2.45, 2.75) is 11.8 Å². The van der Waals surface area contributed by atoms with E-state index >= 15 is 0 Å². The Morgan fingerprint density at radius 1 is 1.09 bits per heavy atom. The van der Waals surface area contributed by atoms with Crippen molar-refractivity contribution in [1.29, 1.82) is 0 Å². The van der Waals surface area contributed by atoms with E-state index in [0.29, 0.717) is 11.4 Å². The number of sulfonamides is 1. The average Bonchev–Trinajstić information content (AvgIpc) is 2.39. The molecule has 2 aromatic rings. The maximum absolute atomic E-state index is 12.3. The monoisotopic (exact) mass is 357 g/mol. The normalized spacial score (nSPS) is 12.2. The summed E-state index contributed by atoms with van der Waals surface area (Å²) >= 11 is 11.8. The van der Waals surface area contributed by atoms with Crippen molar-refractivity contribution >= 4 is 50.5 Å². The molecule has 0 atom stereocenters. The first-order chi connectivity index (χ1) is 10.3. The number of halogens is 2. The minimum atomic E-state index is -3.92.